The van der Waals surface area contributed by atoms with Crippen LogP contribution in [0.3, 0.4) is 0 Å². The summed E-state index contributed by atoms with van der Waals surface area (Å²) in [6.07, 6.45) is 13.4. The van der Waals surface area contributed by atoms with Crippen LogP contribution in [0.2, 0.25) is 0 Å². The van der Waals surface area contributed by atoms with Gasteiger partial charge in [-0.15, -0.1) is 0 Å². The normalized spacial score (nSPS) is 47.5. The minimum atomic E-state index is -0.515. The summed E-state index contributed by atoms with van der Waals surface area (Å²) in [7, 11) is 0. The molecule has 8 aliphatic carbocycles. The van der Waals surface area contributed by atoms with E-state index in [1.165, 1.54) is 38.5 Å². The van der Waals surface area contributed by atoms with E-state index in [2.05, 4.69) is 6.58 Å². The molecule has 2 unspecified atom stereocenters. The summed E-state index contributed by atoms with van der Waals surface area (Å²) in [6, 6.07) is 0. The van der Waals surface area contributed by atoms with Crippen LogP contribution in [-0.2, 0) is 23.8 Å². The molecule has 0 radical (unpaired) electrons. The van der Waals surface area contributed by atoms with E-state index in [1.807, 2.05) is 0 Å². The first kappa shape index (κ1) is 21.2. The minimum absolute atomic E-state index is 0.0657. The van der Waals surface area contributed by atoms with Crippen LogP contribution < -0.4 is 0 Å². The van der Waals surface area contributed by atoms with E-state index in [1.54, 1.807) is 6.92 Å². The molecular weight excluding hydrogens is 404 g/mol. The third-order valence-electron chi connectivity index (χ3n) is 9.94. The highest BCUT2D eigenvalue weighted by molar-refractivity contribution is 5.87. The maximum absolute atomic E-state index is 13.3. The lowest BCUT2D eigenvalue weighted by atomic mass is 9.48. The molecule has 0 aromatic carbocycles. The van der Waals surface area contributed by atoms with Gasteiger partial charge < -0.3 is 14.2 Å². The number of carbonyl (C=O) groups excluding carboxylic acids is 2. The van der Waals surface area contributed by atoms with Crippen LogP contribution in [0.25, 0.3) is 0 Å². The maximum Gasteiger partial charge on any atom is 0.333 e. The van der Waals surface area contributed by atoms with Gasteiger partial charge in [-0.3, -0.25) is 4.79 Å². The average molecular weight is 443 g/mol. The Balaban J connectivity index is 1.07. The van der Waals surface area contributed by atoms with Crippen molar-refractivity contribution in [2.24, 2.45) is 40.4 Å². The van der Waals surface area contributed by atoms with Crippen LogP contribution in [0.15, 0.2) is 12.2 Å². The summed E-state index contributed by atoms with van der Waals surface area (Å²) in [5.41, 5.74) is -0.263. The molecule has 176 valence electrons. The Kier molecular flexibility index (Phi) is 4.85. The minimum Gasteiger partial charge on any atom is -0.456 e. The maximum atomic E-state index is 13.3. The van der Waals surface area contributed by atoms with Crippen LogP contribution in [0.1, 0.15) is 84.0 Å². The van der Waals surface area contributed by atoms with Crippen LogP contribution in [0.4, 0.5) is 0 Å². The predicted octanol–water partition coefficient (Wildman–Crippen LogP) is 5.18. The summed E-state index contributed by atoms with van der Waals surface area (Å²) >= 11 is 0. The van der Waals surface area contributed by atoms with Crippen LogP contribution in [-0.4, -0.2) is 30.9 Å². The molecule has 2 atom stereocenters. The fourth-order valence-corrected chi connectivity index (χ4v) is 9.79. The quantitative estimate of drug-likeness (QED) is 0.235. The fourth-order valence-electron chi connectivity index (χ4n) is 9.79. The second-order valence-corrected chi connectivity index (χ2v) is 12.9. The molecule has 8 aliphatic rings. The van der Waals surface area contributed by atoms with E-state index < -0.39 is 11.0 Å². The lowest BCUT2D eigenvalue weighted by molar-refractivity contribution is -0.217. The largest absolute Gasteiger partial charge is 0.456 e. The molecule has 0 spiro atoms. The zero-order chi connectivity index (χ0) is 22.1. The van der Waals surface area contributed by atoms with Gasteiger partial charge in [-0.1, -0.05) is 6.58 Å². The molecule has 0 aromatic heterocycles. The lowest BCUT2D eigenvalue weighted by Crippen LogP contribution is -2.60. The van der Waals surface area contributed by atoms with Gasteiger partial charge in [-0.05, 0) is 113 Å². The molecule has 0 N–H and O–H groups in total. The van der Waals surface area contributed by atoms with E-state index in [4.69, 9.17) is 14.2 Å². The summed E-state index contributed by atoms with van der Waals surface area (Å²) in [4.78, 5) is 25.6. The van der Waals surface area contributed by atoms with Crippen LogP contribution in [0.5, 0.6) is 0 Å². The zero-order valence-corrected chi connectivity index (χ0v) is 19.5. The molecule has 5 heteroatoms. The molecule has 8 rings (SSSR count). The van der Waals surface area contributed by atoms with Crippen molar-refractivity contribution in [3.8, 4) is 0 Å². The van der Waals surface area contributed by atoms with Crippen molar-refractivity contribution in [3.05, 3.63) is 12.2 Å². The highest BCUT2D eigenvalue weighted by Crippen LogP contribution is 2.63. The Hall–Kier alpha value is -1.36. The van der Waals surface area contributed by atoms with Crippen molar-refractivity contribution >= 4 is 11.9 Å². The molecule has 0 saturated heterocycles. The molecule has 8 bridgehead atoms. The van der Waals surface area contributed by atoms with Gasteiger partial charge in [0.05, 0.1) is 12.0 Å². The number of hydrogen-bond acceptors (Lipinski definition) is 5. The molecule has 0 amide bonds. The standard InChI is InChI=1S/C27H38O5/c1-17(2)23(28)32-27-12-21-6-22(13-27)11-26(10-21,14-27)24(29)31-16-30-15-25-7-18-3-19(8-25)5-20(4-18)9-25/h18-22H,1,3-16H2,2H3. The molecule has 5 nitrogen and oxygen atoms in total. The Morgan fingerprint density at radius 2 is 1.41 bits per heavy atom. The summed E-state index contributed by atoms with van der Waals surface area (Å²) in [5, 5.41) is 0. The van der Waals surface area contributed by atoms with Crippen molar-refractivity contribution in [2.75, 3.05) is 13.4 Å². The molecule has 32 heavy (non-hydrogen) atoms. The van der Waals surface area contributed by atoms with Gasteiger partial charge in [-0.2, -0.15) is 0 Å². The Labute approximate surface area is 191 Å². The van der Waals surface area contributed by atoms with Gasteiger partial charge in [0.1, 0.15) is 5.60 Å². The average Bonchev–Trinajstić information content (AvgIpc) is 2.68. The molecule has 0 aromatic rings. The smallest absolute Gasteiger partial charge is 0.333 e. The molecule has 8 fully saturated rings. The van der Waals surface area contributed by atoms with Crippen molar-refractivity contribution in [3.63, 3.8) is 0 Å². The highest BCUT2D eigenvalue weighted by Gasteiger charge is 2.63. The SMILES string of the molecule is C=C(C)C(=O)OC12CC3CC(C1)CC(C(=O)OCOCC14CC5CC(CC(C5)C1)C4)(C3)C2. The van der Waals surface area contributed by atoms with Crippen molar-refractivity contribution in [1.29, 1.82) is 0 Å². The summed E-state index contributed by atoms with van der Waals surface area (Å²) in [6.45, 7) is 6.23. The van der Waals surface area contributed by atoms with Crippen LogP contribution >= 0.6 is 0 Å². The predicted molar refractivity (Wildman–Crippen MR) is 118 cm³/mol. The van der Waals surface area contributed by atoms with E-state index in [9.17, 15) is 9.59 Å². The second-order valence-electron chi connectivity index (χ2n) is 12.9. The van der Waals surface area contributed by atoms with E-state index in [0.29, 0.717) is 29.2 Å². The first-order chi connectivity index (χ1) is 15.3. The van der Waals surface area contributed by atoms with Gasteiger partial charge in [0.15, 0.2) is 6.79 Å². The molecule has 0 heterocycles. The van der Waals surface area contributed by atoms with E-state index >= 15 is 0 Å². The lowest BCUT2D eigenvalue weighted by Gasteiger charge is -2.59. The number of rotatable bonds is 7. The highest BCUT2D eigenvalue weighted by atomic mass is 16.7. The molecule has 8 saturated carbocycles. The Morgan fingerprint density at radius 3 is 1.97 bits per heavy atom. The van der Waals surface area contributed by atoms with E-state index in [0.717, 1.165) is 56.5 Å². The summed E-state index contributed by atoms with van der Waals surface area (Å²) < 4.78 is 17.8. The summed E-state index contributed by atoms with van der Waals surface area (Å²) in [5.74, 6) is 3.12. The first-order valence-corrected chi connectivity index (χ1v) is 12.9. The Bertz CT molecular complexity index is 779. The molecular formula is C27H38O5. The number of esters is 2. The zero-order valence-electron chi connectivity index (χ0n) is 19.5. The Morgan fingerprint density at radius 1 is 0.844 bits per heavy atom. The molecule has 0 aliphatic heterocycles. The van der Waals surface area contributed by atoms with Gasteiger partial charge in [0.25, 0.3) is 0 Å². The monoisotopic (exact) mass is 442 g/mol. The number of hydrogen-bond donors (Lipinski definition) is 0. The third kappa shape index (κ3) is 3.54. The van der Waals surface area contributed by atoms with Crippen molar-refractivity contribution < 1.29 is 23.8 Å². The van der Waals surface area contributed by atoms with Gasteiger partial charge in [0, 0.05) is 12.0 Å². The fraction of sp³-hybridized carbons (Fsp3) is 0.852. The number of ether oxygens (including phenoxy) is 3. The van der Waals surface area contributed by atoms with Gasteiger partial charge in [-0.25, -0.2) is 4.79 Å². The van der Waals surface area contributed by atoms with Crippen molar-refractivity contribution in [1.82, 2.24) is 0 Å². The van der Waals surface area contributed by atoms with Crippen molar-refractivity contribution in [2.45, 2.75) is 89.6 Å². The number of carbonyl (C=O) groups is 2. The topological polar surface area (TPSA) is 61.8 Å². The van der Waals surface area contributed by atoms with Gasteiger partial charge in [0.2, 0.25) is 0 Å². The second kappa shape index (κ2) is 7.32. The first-order valence-electron chi connectivity index (χ1n) is 12.9. The third-order valence-corrected chi connectivity index (χ3v) is 9.94. The van der Waals surface area contributed by atoms with E-state index in [-0.39, 0.29) is 18.7 Å². The van der Waals surface area contributed by atoms with Gasteiger partial charge >= 0.3 is 11.9 Å². The van der Waals surface area contributed by atoms with Crippen LogP contribution in [0, 0.1) is 40.4 Å².